The van der Waals surface area contributed by atoms with Crippen LogP contribution in [0.5, 0.6) is 11.5 Å². The van der Waals surface area contributed by atoms with E-state index in [4.69, 9.17) is 26.8 Å². The van der Waals surface area contributed by atoms with Crippen molar-refractivity contribution in [3.63, 3.8) is 0 Å². The van der Waals surface area contributed by atoms with Gasteiger partial charge in [-0.05, 0) is 66.1 Å². The van der Waals surface area contributed by atoms with Crippen LogP contribution in [-0.2, 0) is 16.0 Å². The molecule has 0 aromatic heterocycles. The maximum atomic E-state index is 13.9. The second kappa shape index (κ2) is 14.9. The highest BCUT2D eigenvalue weighted by atomic mass is 35.5. The van der Waals surface area contributed by atoms with E-state index in [1.54, 1.807) is 31.3 Å². The molecule has 234 valence electrons. The molecular weight excluding hydrogens is 622 g/mol. The average molecular weight is 654 g/mol. The molecule has 0 spiro atoms. The summed E-state index contributed by atoms with van der Waals surface area (Å²) in [4.78, 5) is 40.6. The van der Waals surface area contributed by atoms with Crippen LogP contribution in [0.25, 0.3) is 0 Å². The van der Waals surface area contributed by atoms with Crippen LogP contribution in [0.1, 0.15) is 44.4 Å². The maximum absolute atomic E-state index is 13.9. The summed E-state index contributed by atoms with van der Waals surface area (Å²) < 4.78 is 10.7. The number of carbonyl (C=O) groups excluding carboxylic acids is 3. The van der Waals surface area contributed by atoms with Gasteiger partial charge in [-0.1, -0.05) is 65.9 Å². The Hall–Kier alpha value is -4.91. The first-order valence-electron chi connectivity index (χ1n) is 14.5. The number of hydrogen-bond donors (Lipinski definition) is 2. The number of nitrogens with one attached hydrogen (secondary N) is 1. The number of thioether (sulfide) groups is 1. The van der Waals surface area contributed by atoms with Gasteiger partial charge in [-0.25, -0.2) is 0 Å². The third kappa shape index (κ3) is 7.48. The lowest BCUT2D eigenvalue weighted by Crippen LogP contribution is -2.35. The van der Waals surface area contributed by atoms with E-state index in [0.717, 1.165) is 22.3 Å². The molecule has 0 saturated carbocycles. The second-order valence-corrected chi connectivity index (χ2v) is 12.1. The Balaban J connectivity index is 1.33. The van der Waals surface area contributed by atoms with Crippen LogP contribution in [-0.4, -0.2) is 43.7 Å². The number of methoxy groups -OCH3 is 2. The van der Waals surface area contributed by atoms with Gasteiger partial charge in [0, 0.05) is 24.1 Å². The molecule has 5 rings (SSSR count). The van der Waals surface area contributed by atoms with Crippen LogP contribution in [0, 0.1) is 11.8 Å². The molecule has 4 aromatic rings. The smallest absolute Gasteiger partial charge is 0.250 e. The molecule has 4 aromatic carbocycles. The molecule has 1 heterocycles. The minimum Gasteiger partial charge on any atom is -0.493 e. The molecule has 3 amide bonds. The number of carbonyl (C=O) groups is 3. The van der Waals surface area contributed by atoms with Gasteiger partial charge in [0.1, 0.15) is 5.37 Å². The Bertz CT molecular complexity index is 1800. The first-order valence-corrected chi connectivity index (χ1v) is 15.8. The lowest BCUT2D eigenvalue weighted by Gasteiger charge is -2.26. The van der Waals surface area contributed by atoms with E-state index >= 15 is 0 Å². The fraction of sp³-hybridized carbons (Fsp3) is 0.194. The van der Waals surface area contributed by atoms with Gasteiger partial charge in [0.25, 0.3) is 0 Å². The minimum atomic E-state index is -0.700. The highest BCUT2D eigenvalue weighted by Gasteiger charge is 2.43. The van der Waals surface area contributed by atoms with E-state index in [1.807, 2.05) is 72.8 Å². The van der Waals surface area contributed by atoms with Gasteiger partial charge >= 0.3 is 0 Å². The van der Waals surface area contributed by atoms with Crippen molar-refractivity contribution in [2.24, 2.45) is 5.73 Å². The zero-order valence-corrected chi connectivity index (χ0v) is 26.9. The molecule has 3 N–H and O–H groups in total. The van der Waals surface area contributed by atoms with Crippen LogP contribution in [0.3, 0.4) is 0 Å². The van der Waals surface area contributed by atoms with Gasteiger partial charge in [-0.2, -0.15) is 0 Å². The molecule has 8 nitrogen and oxygen atoms in total. The van der Waals surface area contributed by atoms with Crippen LogP contribution < -0.4 is 25.4 Å². The molecule has 1 saturated heterocycles. The van der Waals surface area contributed by atoms with Crippen molar-refractivity contribution in [2.75, 3.05) is 25.7 Å². The van der Waals surface area contributed by atoms with Crippen molar-refractivity contribution in [2.45, 2.75) is 23.5 Å². The number of hydrogen-bond acceptors (Lipinski definition) is 6. The third-order valence-corrected chi connectivity index (χ3v) is 9.25. The number of nitrogens with two attached hydrogens (primary N) is 1. The number of nitrogens with zero attached hydrogens (tertiary/aromatic N) is 1. The largest absolute Gasteiger partial charge is 0.493 e. The van der Waals surface area contributed by atoms with E-state index in [9.17, 15) is 14.4 Å². The van der Waals surface area contributed by atoms with E-state index in [0.29, 0.717) is 30.2 Å². The van der Waals surface area contributed by atoms with Crippen molar-refractivity contribution in [3.8, 4) is 23.3 Å². The molecule has 2 atom stereocenters. The SMILES string of the molecule is COc1ccc(CCNC(=O)CC2SC(c3ccc(C#Cc4ccccc4)cc3)N(c3cccc(C(N)=O)c3Cl)C2=O)cc1OC. The van der Waals surface area contributed by atoms with Crippen molar-refractivity contribution in [1.29, 1.82) is 0 Å². The van der Waals surface area contributed by atoms with Gasteiger partial charge < -0.3 is 20.5 Å². The third-order valence-electron chi connectivity index (χ3n) is 7.42. The Morgan fingerprint density at radius 2 is 1.61 bits per heavy atom. The summed E-state index contributed by atoms with van der Waals surface area (Å²) in [5, 5.41) is 1.82. The molecular formula is C36H32ClN3O5S. The average Bonchev–Trinajstić information content (AvgIpc) is 3.39. The zero-order chi connectivity index (χ0) is 32.6. The molecule has 1 aliphatic heterocycles. The van der Waals surface area contributed by atoms with Gasteiger partial charge in [-0.15, -0.1) is 11.8 Å². The quantitative estimate of drug-likeness (QED) is 0.211. The summed E-state index contributed by atoms with van der Waals surface area (Å²) in [7, 11) is 3.15. The highest BCUT2D eigenvalue weighted by molar-refractivity contribution is 8.01. The van der Waals surface area contributed by atoms with Crippen LogP contribution in [0.4, 0.5) is 5.69 Å². The van der Waals surface area contributed by atoms with Crippen LogP contribution in [0.2, 0.25) is 5.02 Å². The zero-order valence-electron chi connectivity index (χ0n) is 25.3. The summed E-state index contributed by atoms with van der Waals surface area (Å²) in [5.74, 6) is 6.30. The van der Waals surface area contributed by atoms with E-state index in [1.165, 1.54) is 17.8 Å². The van der Waals surface area contributed by atoms with Gasteiger partial charge in [0.2, 0.25) is 17.7 Å². The second-order valence-electron chi connectivity index (χ2n) is 10.4. The number of benzene rings is 4. The first-order chi connectivity index (χ1) is 22.3. The summed E-state index contributed by atoms with van der Waals surface area (Å²) in [6, 6.07) is 27.7. The Labute approximate surface area is 277 Å². The number of amides is 3. The summed E-state index contributed by atoms with van der Waals surface area (Å²) in [5.41, 5.74) is 9.52. The summed E-state index contributed by atoms with van der Waals surface area (Å²) >= 11 is 7.98. The predicted molar refractivity (Wildman–Crippen MR) is 181 cm³/mol. The van der Waals surface area contributed by atoms with Crippen molar-refractivity contribution < 1.29 is 23.9 Å². The molecule has 1 aliphatic rings. The fourth-order valence-electron chi connectivity index (χ4n) is 5.07. The molecule has 46 heavy (non-hydrogen) atoms. The van der Waals surface area contributed by atoms with Gasteiger partial charge in [0.05, 0.1) is 35.7 Å². The summed E-state index contributed by atoms with van der Waals surface area (Å²) in [6.07, 6.45) is 0.540. The van der Waals surface area contributed by atoms with E-state index < -0.39 is 16.5 Å². The van der Waals surface area contributed by atoms with Crippen molar-refractivity contribution in [3.05, 3.63) is 124 Å². The Kier molecular flexibility index (Phi) is 10.5. The van der Waals surface area contributed by atoms with E-state index in [2.05, 4.69) is 17.2 Å². The molecule has 2 unspecified atom stereocenters. The fourth-order valence-corrected chi connectivity index (χ4v) is 6.82. The minimum absolute atomic E-state index is 0.0315. The molecule has 0 bridgehead atoms. The first kappa shape index (κ1) is 32.5. The Morgan fingerprint density at radius 3 is 2.28 bits per heavy atom. The highest BCUT2D eigenvalue weighted by Crippen LogP contribution is 2.48. The number of ether oxygens (including phenoxy) is 2. The van der Waals surface area contributed by atoms with Crippen molar-refractivity contribution in [1.82, 2.24) is 5.32 Å². The molecule has 0 radical (unpaired) electrons. The summed E-state index contributed by atoms with van der Waals surface area (Å²) in [6.45, 7) is 0.380. The lowest BCUT2D eigenvalue weighted by molar-refractivity contribution is -0.124. The monoisotopic (exact) mass is 653 g/mol. The molecule has 10 heteroatoms. The normalized spacial score (nSPS) is 15.5. The topological polar surface area (TPSA) is 111 Å². The number of halogens is 1. The standard InChI is InChI=1S/C36H32ClN3O5S/c1-44-29-18-15-25(21-30(29)45-2)19-20-39-32(41)22-31-35(43)40(28-10-6-9-27(33(28)37)34(38)42)36(46-31)26-16-13-24(14-17-26)12-11-23-7-4-3-5-8-23/h3-10,13-18,21,31,36H,19-20,22H2,1-2H3,(H2,38,42)(H,39,41). The van der Waals surface area contributed by atoms with Gasteiger partial charge in [0.15, 0.2) is 11.5 Å². The lowest BCUT2D eigenvalue weighted by atomic mass is 10.1. The molecule has 0 aliphatic carbocycles. The maximum Gasteiger partial charge on any atom is 0.250 e. The molecule has 1 fully saturated rings. The number of anilines is 1. The number of rotatable bonds is 10. The van der Waals surface area contributed by atoms with E-state index in [-0.39, 0.29) is 28.8 Å². The van der Waals surface area contributed by atoms with Crippen LogP contribution in [0.15, 0.2) is 91.0 Å². The van der Waals surface area contributed by atoms with Crippen LogP contribution >= 0.6 is 23.4 Å². The predicted octanol–water partition coefficient (Wildman–Crippen LogP) is 5.75. The number of primary amides is 1. The van der Waals surface area contributed by atoms with Crippen molar-refractivity contribution >= 4 is 46.8 Å². The Morgan fingerprint density at radius 1 is 0.913 bits per heavy atom. The van der Waals surface area contributed by atoms with Gasteiger partial charge in [-0.3, -0.25) is 19.3 Å².